The number of nitrogens with zero attached hydrogens (tertiary/aromatic N) is 2. The van der Waals surface area contributed by atoms with Gasteiger partial charge in [-0.15, -0.1) is 0 Å². The summed E-state index contributed by atoms with van der Waals surface area (Å²) < 4.78 is 38.9. The van der Waals surface area contributed by atoms with E-state index in [1.807, 2.05) is 37.4 Å². The van der Waals surface area contributed by atoms with E-state index in [4.69, 9.17) is 9.47 Å². The summed E-state index contributed by atoms with van der Waals surface area (Å²) in [7, 11) is -3.27. The summed E-state index contributed by atoms with van der Waals surface area (Å²) in [5.41, 5.74) is 2.05. The van der Waals surface area contributed by atoms with E-state index in [0.717, 1.165) is 30.3 Å². The molecule has 136 valence electrons. The maximum absolute atomic E-state index is 11.5. The molecule has 2 heterocycles. The molecule has 25 heavy (non-hydrogen) atoms. The lowest BCUT2D eigenvalue weighted by Crippen LogP contribution is -2.49. The average Bonchev–Trinajstić information content (AvgIpc) is 3.00. The summed E-state index contributed by atoms with van der Waals surface area (Å²) in [5, 5.41) is 4.27. The number of aromatic nitrogens is 2. The number of aryl methyl sites for hydroxylation is 1. The van der Waals surface area contributed by atoms with Crippen molar-refractivity contribution in [2.75, 3.05) is 19.5 Å². The number of sulfonamides is 1. The van der Waals surface area contributed by atoms with Crippen LogP contribution in [0.1, 0.15) is 18.4 Å². The molecular formula is C17H23N3O4S. The van der Waals surface area contributed by atoms with Crippen molar-refractivity contribution >= 4 is 10.0 Å². The quantitative estimate of drug-likeness (QED) is 0.842. The highest BCUT2D eigenvalue weighted by Gasteiger charge is 2.28. The zero-order valence-corrected chi connectivity index (χ0v) is 15.2. The zero-order valence-electron chi connectivity index (χ0n) is 14.4. The maximum atomic E-state index is 11.5. The van der Waals surface area contributed by atoms with Gasteiger partial charge in [0.05, 0.1) is 24.2 Å². The van der Waals surface area contributed by atoms with Crippen LogP contribution in [0.3, 0.4) is 0 Å². The van der Waals surface area contributed by atoms with Gasteiger partial charge in [0.2, 0.25) is 10.0 Å². The first-order valence-electron chi connectivity index (χ1n) is 8.24. The second-order valence-corrected chi connectivity index (χ2v) is 8.10. The van der Waals surface area contributed by atoms with Crippen LogP contribution < -0.4 is 9.46 Å². The molecule has 1 fully saturated rings. The van der Waals surface area contributed by atoms with Crippen LogP contribution in [0.4, 0.5) is 0 Å². The second-order valence-electron chi connectivity index (χ2n) is 6.32. The molecule has 1 aliphatic heterocycles. The molecule has 8 heteroatoms. The van der Waals surface area contributed by atoms with Crippen LogP contribution >= 0.6 is 0 Å². The molecule has 1 aromatic heterocycles. The lowest BCUT2D eigenvalue weighted by atomic mass is 10.0. The Morgan fingerprint density at radius 2 is 2.12 bits per heavy atom. The Balaban J connectivity index is 1.60. The topological polar surface area (TPSA) is 82.4 Å². The summed E-state index contributed by atoms with van der Waals surface area (Å²) in [6.45, 7) is 2.91. The third kappa shape index (κ3) is 5.04. The Hall–Kier alpha value is -1.90. The average molecular weight is 365 g/mol. The number of nitrogens with one attached hydrogen (secondary N) is 1. The van der Waals surface area contributed by atoms with E-state index in [1.165, 1.54) is 0 Å². The number of hydrogen-bond donors (Lipinski definition) is 1. The number of ether oxygens (including phenoxy) is 2. The van der Waals surface area contributed by atoms with Crippen LogP contribution in [-0.4, -0.2) is 49.8 Å². The Bertz CT molecular complexity index is 802. The molecule has 0 spiro atoms. The predicted octanol–water partition coefficient (Wildman–Crippen LogP) is 1.66. The lowest BCUT2D eigenvalue weighted by molar-refractivity contribution is -0.0278. The third-order valence-corrected chi connectivity index (χ3v) is 4.76. The molecule has 0 bridgehead atoms. The standard InChI is InChI=1S/C17H23N3O4S/c1-13-10-18-20(11-13)14-5-7-15(8-6-14)24-12-17-16(4-3-9-23-17)19-25(2,21)22/h5-8,10-11,16-17,19H,3-4,9,12H2,1-2H3. The van der Waals surface area contributed by atoms with Crippen LogP contribution in [0.25, 0.3) is 5.69 Å². The smallest absolute Gasteiger partial charge is 0.209 e. The van der Waals surface area contributed by atoms with E-state index >= 15 is 0 Å². The van der Waals surface area contributed by atoms with Crippen LogP contribution in [0, 0.1) is 6.92 Å². The minimum Gasteiger partial charge on any atom is -0.491 e. The number of rotatable bonds is 6. The van der Waals surface area contributed by atoms with E-state index in [9.17, 15) is 8.42 Å². The van der Waals surface area contributed by atoms with Crippen molar-refractivity contribution in [1.82, 2.24) is 14.5 Å². The Morgan fingerprint density at radius 1 is 1.36 bits per heavy atom. The van der Waals surface area contributed by atoms with Gasteiger partial charge < -0.3 is 9.47 Å². The third-order valence-electron chi connectivity index (χ3n) is 4.03. The van der Waals surface area contributed by atoms with Crippen molar-refractivity contribution in [3.63, 3.8) is 0 Å². The fourth-order valence-electron chi connectivity index (χ4n) is 2.84. The van der Waals surface area contributed by atoms with Gasteiger partial charge in [0.15, 0.2) is 0 Å². The highest BCUT2D eigenvalue weighted by atomic mass is 32.2. The Labute approximate surface area is 148 Å². The van der Waals surface area contributed by atoms with E-state index in [-0.39, 0.29) is 12.1 Å². The lowest BCUT2D eigenvalue weighted by Gasteiger charge is -2.31. The van der Waals surface area contributed by atoms with Gasteiger partial charge in [-0.3, -0.25) is 0 Å². The maximum Gasteiger partial charge on any atom is 0.209 e. The van der Waals surface area contributed by atoms with Gasteiger partial charge in [-0.2, -0.15) is 5.10 Å². The minimum atomic E-state index is -3.27. The van der Waals surface area contributed by atoms with Crippen molar-refractivity contribution in [2.45, 2.75) is 31.9 Å². The molecule has 1 N–H and O–H groups in total. The molecule has 2 unspecified atom stereocenters. The summed E-state index contributed by atoms with van der Waals surface area (Å²) in [6.07, 6.45) is 6.21. The summed E-state index contributed by atoms with van der Waals surface area (Å²) in [6, 6.07) is 7.34. The monoisotopic (exact) mass is 365 g/mol. The van der Waals surface area contributed by atoms with Crippen LogP contribution in [0.15, 0.2) is 36.7 Å². The van der Waals surface area contributed by atoms with E-state index in [1.54, 1.807) is 10.9 Å². The first-order chi connectivity index (χ1) is 11.9. The van der Waals surface area contributed by atoms with Gasteiger partial charge in [-0.1, -0.05) is 0 Å². The van der Waals surface area contributed by atoms with Gasteiger partial charge in [0.1, 0.15) is 18.5 Å². The van der Waals surface area contributed by atoms with Crippen molar-refractivity contribution in [3.8, 4) is 11.4 Å². The predicted molar refractivity (Wildman–Crippen MR) is 94.5 cm³/mol. The molecule has 1 aliphatic rings. The summed E-state index contributed by atoms with van der Waals surface area (Å²) in [5.74, 6) is 0.708. The van der Waals surface area contributed by atoms with Gasteiger partial charge >= 0.3 is 0 Å². The molecule has 2 atom stereocenters. The number of benzene rings is 1. The van der Waals surface area contributed by atoms with Gasteiger partial charge in [0.25, 0.3) is 0 Å². The molecular weight excluding hydrogens is 342 g/mol. The van der Waals surface area contributed by atoms with Gasteiger partial charge in [-0.05, 0) is 49.6 Å². The molecule has 0 radical (unpaired) electrons. The van der Waals surface area contributed by atoms with Gasteiger partial charge in [-0.25, -0.2) is 17.8 Å². The first kappa shape index (κ1) is 17.9. The van der Waals surface area contributed by atoms with Crippen molar-refractivity contribution < 1.29 is 17.9 Å². The minimum absolute atomic E-state index is 0.255. The molecule has 0 amide bonds. The van der Waals surface area contributed by atoms with E-state index in [0.29, 0.717) is 19.0 Å². The summed E-state index contributed by atoms with van der Waals surface area (Å²) >= 11 is 0. The zero-order chi connectivity index (χ0) is 17.9. The molecule has 0 aliphatic carbocycles. The Kier molecular flexibility index (Phi) is 5.41. The van der Waals surface area contributed by atoms with E-state index < -0.39 is 10.0 Å². The fourth-order valence-corrected chi connectivity index (χ4v) is 3.66. The van der Waals surface area contributed by atoms with Crippen molar-refractivity contribution in [3.05, 3.63) is 42.2 Å². The van der Waals surface area contributed by atoms with Crippen molar-refractivity contribution in [2.24, 2.45) is 0 Å². The fraction of sp³-hybridized carbons (Fsp3) is 0.471. The SMILES string of the molecule is Cc1cnn(-c2ccc(OCC3OCCCC3NS(C)(=O)=O)cc2)c1. The Morgan fingerprint density at radius 3 is 2.76 bits per heavy atom. The molecule has 2 aromatic rings. The van der Waals surface area contributed by atoms with E-state index in [2.05, 4.69) is 9.82 Å². The molecule has 3 rings (SSSR count). The highest BCUT2D eigenvalue weighted by Crippen LogP contribution is 2.19. The second kappa shape index (κ2) is 7.55. The molecule has 0 saturated carbocycles. The van der Waals surface area contributed by atoms with Crippen LogP contribution in [0.5, 0.6) is 5.75 Å². The largest absolute Gasteiger partial charge is 0.491 e. The number of hydrogen-bond acceptors (Lipinski definition) is 5. The van der Waals surface area contributed by atoms with Gasteiger partial charge in [0, 0.05) is 12.8 Å². The normalized spacial score (nSPS) is 21.2. The molecule has 1 saturated heterocycles. The van der Waals surface area contributed by atoms with Crippen LogP contribution in [0.2, 0.25) is 0 Å². The van der Waals surface area contributed by atoms with Crippen molar-refractivity contribution in [1.29, 1.82) is 0 Å². The van der Waals surface area contributed by atoms with Crippen LogP contribution in [-0.2, 0) is 14.8 Å². The first-order valence-corrected chi connectivity index (χ1v) is 10.1. The highest BCUT2D eigenvalue weighted by molar-refractivity contribution is 7.88. The summed E-state index contributed by atoms with van der Waals surface area (Å²) in [4.78, 5) is 0. The molecule has 7 nitrogen and oxygen atoms in total. The molecule has 1 aromatic carbocycles.